The standard InChI is InChI=1S/C19H15Cl2N3O6/c20-15-5-4-12(7-16(15)21)22-17(25)10-30-19(27)11-6-18(26)23(9-11)13-2-1-3-14(8-13)24(28)29/h1-5,7-8,11H,6,9-10H2,(H,22,25)/t11-/m0/s1. The molecule has 11 heteroatoms. The Morgan fingerprint density at radius 1 is 1.20 bits per heavy atom. The van der Waals surface area contributed by atoms with Crippen LogP contribution in [0.5, 0.6) is 0 Å². The van der Waals surface area contributed by atoms with Crippen molar-refractivity contribution in [2.75, 3.05) is 23.4 Å². The normalized spacial score (nSPS) is 15.7. The lowest BCUT2D eigenvalue weighted by Gasteiger charge is -2.16. The third-order valence-electron chi connectivity index (χ3n) is 4.36. The van der Waals surface area contributed by atoms with E-state index in [1.165, 1.54) is 35.2 Å². The zero-order valence-electron chi connectivity index (χ0n) is 15.3. The fraction of sp³-hybridized carbons (Fsp3) is 0.211. The van der Waals surface area contributed by atoms with E-state index in [0.717, 1.165) is 0 Å². The summed E-state index contributed by atoms with van der Waals surface area (Å²) in [4.78, 5) is 48.1. The first-order chi connectivity index (χ1) is 14.2. The van der Waals surface area contributed by atoms with E-state index < -0.39 is 29.3 Å². The summed E-state index contributed by atoms with van der Waals surface area (Å²) in [7, 11) is 0. The maximum atomic E-state index is 12.3. The maximum Gasteiger partial charge on any atom is 0.311 e. The summed E-state index contributed by atoms with van der Waals surface area (Å²) in [6.45, 7) is -0.534. The number of nitrogens with zero attached hydrogens (tertiary/aromatic N) is 2. The fourth-order valence-corrected chi connectivity index (χ4v) is 3.21. The quantitative estimate of drug-likeness (QED) is 0.408. The lowest BCUT2D eigenvalue weighted by molar-refractivity contribution is -0.384. The van der Waals surface area contributed by atoms with Gasteiger partial charge in [-0.25, -0.2) is 0 Å². The van der Waals surface area contributed by atoms with Crippen LogP contribution in [0.4, 0.5) is 17.1 Å². The van der Waals surface area contributed by atoms with Gasteiger partial charge in [-0.15, -0.1) is 0 Å². The molecular weight excluding hydrogens is 437 g/mol. The summed E-state index contributed by atoms with van der Waals surface area (Å²) in [5, 5.41) is 14.0. The Kier molecular flexibility index (Phi) is 6.53. The number of hydrogen-bond acceptors (Lipinski definition) is 6. The third kappa shape index (κ3) is 5.05. The minimum Gasteiger partial charge on any atom is -0.455 e. The van der Waals surface area contributed by atoms with Crippen molar-refractivity contribution >= 4 is 58.0 Å². The van der Waals surface area contributed by atoms with Crippen LogP contribution in [0.25, 0.3) is 0 Å². The van der Waals surface area contributed by atoms with Gasteiger partial charge in [-0.1, -0.05) is 29.3 Å². The van der Waals surface area contributed by atoms with Crippen molar-refractivity contribution in [3.63, 3.8) is 0 Å². The van der Waals surface area contributed by atoms with Crippen LogP contribution in [0, 0.1) is 16.0 Å². The van der Waals surface area contributed by atoms with Crippen LogP contribution in [0.3, 0.4) is 0 Å². The SMILES string of the molecule is O=C(COC(=O)[C@H]1CC(=O)N(c2cccc([N+](=O)[O-])c2)C1)Nc1ccc(Cl)c(Cl)c1. The molecule has 2 amide bonds. The topological polar surface area (TPSA) is 119 Å². The van der Waals surface area contributed by atoms with Gasteiger partial charge >= 0.3 is 5.97 Å². The van der Waals surface area contributed by atoms with E-state index in [0.29, 0.717) is 16.4 Å². The van der Waals surface area contributed by atoms with Gasteiger partial charge in [-0.2, -0.15) is 0 Å². The van der Waals surface area contributed by atoms with Crippen molar-refractivity contribution in [2.24, 2.45) is 5.92 Å². The lowest BCUT2D eigenvalue weighted by Crippen LogP contribution is -2.28. The molecule has 0 radical (unpaired) electrons. The molecule has 0 bridgehead atoms. The molecule has 2 aromatic carbocycles. The van der Waals surface area contributed by atoms with Crippen molar-refractivity contribution in [2.45, 2.75) is 6.42 Å². The largest absolute Gasteiger partial charge is 0.455 e. The Labute approximate surface area is 180 Å². The number of carbonyl (C=O) groups excluding carboxylic acids is 3. The number of amides is 2. The molecule has 1 fully saturated rings. The summed E-state index contributed by atoms with van der Waals surface area (Å²) in [5.41, 5.74) is 0.547. The van der Waals surface area contributed by atoms with Crippen molar-refractivity contribution in [1.82, 2.24) is 0 Å². The van der Waals surface area contributed by atoms with Gasteiger partial charge in [0.2, 0.25) is 5.91 Å². The number of rotatable bonds is 6. The van der Waals surface area contributed by atoms with E-state index in [-0.39, 0.29) is 29.6 Å². The molecule has 1 heterocycles. The van der Waals surface area contributed by atoms with Gasteiger partial charge in [-0.3, -0.25) is 24.5 Å². The molecule has 156 valence electrons. The summed E-state index contributed by atoms with van der Waals surface area (Å²) in [5.74, 6) is -2.44. The van der Waals surface area contributed by atoms with Crippen LogP contribution in [0.1, 0.15) is 6.42 Å². The van der Waals surface area contributed by atoms with Crippen molar-refractivity contribution in [3.8, 4) is 0 Å². The van der Waals surface area contributed by atoms with Gasteiger partial charge < -0.3 is 15.0 Å². The van der Waals surface area contributed by atoms with E-state index in [2.05, 4.69) is 5.32 Å². The van der Waals surface area contributed by atoms with Gasteiger partial charge in [0.15, 0.2) is 6.61 Å². The minimum absolute atomic E-state index is 0.00719. The molecular formula is C19H15Cl2N3O6. The highest BCUT2D eigenvalue weighted by molar-refractivity contribution is 6.42. The molecule has 0 unspecified atom stereocenters. The molecule has 1 aliphatic heterocycles. The number of nitrogens with one attached hydrogen (secondary N) is 1. The molecule has 2 aromatic rings. The molecule has 0 aliphatic carbocycles. The number of nitro groups is 1. The second-order valence-electron chi connectivity index (χ2n) is 6.47. The Balaban J connectivity index is 1.55. The average Bonchev–Trinajstić information content (AvgIpc) is 3.11. The Morgan fingerprint density at radius 3 is 2.67 bits per heavy atom. The molecule has 9 nitrogen and oxygen atoms in total. The summed E-state index contributed by atoms with van der Waals surface area (Å²) in [6, 6.07) is 10.1. The van der Waals surface area contributed by atoms with Crippen LogP contribution in [-0.2, 0) is 19.1 Å². The van der Waals surface area contributed by atoms with Crippen LogP contribution in [0.15, 0.2) is 42.5 Å². The minimum atomic E-state index is -0.783. The number of halogens is 2. The summed E-state index contributed by atoms with van der Waals surface area (Å²) in [6.07, 6.45) is -0.115. The lowest BCUT2D eigenvalue weighted by atomic mass is 10.1. The molecule has 1 atom stereocenters. The van der Waals surface area contributed by atoms with Gasteiger partial charge in [0.1, 0.15) is 0 Å². The molecule has 0 spiro atoms. The molecule has 1 saturated heterocycles. The number of non-ortho nitro benzene ring substituents is 1. The number of anilines is 2. The van der Waals surface area contributed by atoms with Crippen LogP contribution >= 0.6 is 23.2 Å². The van der Waals surface area contributed by atoms with Gasteiger partial charge in [0.05, 0.1) is 26.6 Å². The van der Waals surface area contributed by atoms with Crippen molar-refractivity contribution in [3.05, 3.63) is 62.6 Å². The number of carbonyl (C=O) groups is 3. The van der Waals surface area contributed by atoms with E-state index in [4.69, 9.17) is 27.9 Å². The van der Waals surface area contributed by atoms with E-state index in [9.17, 15) is 24.5 Å². The van der Waals surface area contributed by atoms with Crippen LogP contribution in [-0.4, -0.2) is 35.9 Å². The Hall–Kier alpha value is -3.17. The molecule has 1 N–H and O–H groups in total. The average molecular weight is 452 g/mol. The van der Waals surface area contributed by atoms with Crippen molar-refractivity contribution in [1.29, 1.82) is 0 Å². The number of hydrogen-bond donors (Lipinski definition) is 1. The molecule has 0 aromatic heterocycles. The second-order valence-corrected chi connectivity index (χ2v) is 7.28. The van der Waals surface area contributed by atoms with Crippen molar-refractivity contribution < 1.29 is 24.0 Å². The smallest absolute Gasteiger partial charge is 0.311 e. The summed E-state index contributed by atoms with van der Waals surface area (Å²) < 4.78 is 5.01. The molecule has 30 heavy (non-hydrogen) atoms. The van der Waals surface area contributed by atoms with E-state index >= 15 is 0 Å². The van der Waals surface area contributed by atoms with E-state index in [1.54, 1.807) is 12.1 Å². The zero-order chi connectivity index (χ0) is 21.8. The monoisotopic (exact) mass is 451 g/mol. The van der Waals surface area contributed by atoms with Crippen LogP contribution in [0.2, 0.25) is 10.0 Å². The predicted molar refractivity (Wildman–Crippen MR) is 110 cm³/mol. The first kappa shape index (κ1) is 21.5. The van der Waals surface area contributed by atoms with Gasteiger partial charge in [0.25, 0.3) is 11.6 Å². The maximum absolute atomic E-state index is 12.3. The first-order valence-electron chi connectivity index (χ1n) is 8.71. The Morgan fingerprint density at radius 2 is 1.97 bits per heavy atom. The number of benzene rings is 2. The molecule has 0 saturated carbocycles. The summed E-state index contributed by atoms with van der Waals surface area (Å²) >= 11 is 11.7. The van der Waals surface area contributed by atoms with Gasteiger partial charge in [0, 0.05) is 30.8 Å². The number of nitro benzene ring substituents is 1. The third-order valence-corrected chi connectivity index (χ3v) is 5.10. The highest BCUT2D eigenvalue weighted by Gasteiger charge is 2.36. The number of ether oxygens (including phenoxy) is 1. The fourth-order valence-electron chi connectivity index (χ4n) is 2.91. The first-order valence-corrected chi connectivity index (χ1v) is 9.46. The molecule has 1 aliphatic rings. The molecule has 3 rings (SSSR count). The highest BCUT2D eigenvalue weighted by atomic mass is 35.5. The van der Waals surface area contributed by atoms with Crippen LogP contribution < -0.4 is 10.2 Å². The number of esters is 1. The Bertz CT molecular complexity index is 1030. The highest BCUT2D eigenvalue weighted by Crippen LogP contribution is 2.28. The van der Waals surface area contributed by atoms with Gasteiger partial charge in [-0.05, 0) is 24.3 Å². The van der Waals surface area contributed by atoms with E-state index in [1.807, 2.05) is 0 Å². The predicted octanol–water partition coefficient (Wildman–Crippen LogP) is 3.44. The zero-order valence-corrected chi connectivity index (χ0v) is 16.9. The second kappa shape index (κ2) is 9.10.